The summed E-state index contributed by atoms with van der Waals surface area (Å²) < 4.78 is 26.1. The lowest BCUT2D eigenvalue weighted by atomic mass is 10.2. The molecule has 11 heteroatoms. The van der Waals surface area contributed by atoms with Gasteiger partial charge in [-0.1, -0.05) is 0 Å². The van der Waals surface area contributed by atoms with Crippen LogP contribution in [0, 0.1) is 10.1 Å². The summed E-state index contributed by atoms with van der Waals surface area (Å²) >= 11 is 0. The van der Waals surface area contributed by atoms with E-state index in [1.54, 1.807) is 12.1 Å². The molecule has 0 bridgehead atoms. The maximum Gasteiger partial charge on any atom is 0.269 e. The number of nitrogens with one attached hydrogen (secondary N) is 2. The highest BCUT2D eigenvalue weighted by atomic mass is 32.2. The van der Waals surface area contributed by atoms with Crippen molar-refractivity contribution in [1.82, 2.24) is 10.1 Å². The Hall–Kier alpha value is -3.31. The lowest BCUT2D eigenvalue weighted by molar-refractivity contribution is -0.384. The van der Waals surface area contributed by atoms with Gasteiger partial charge in [0.1, 0.15) is 5.75 Å². The lowest BCUT2D eigenvalue weighted by Crippen LogP contribution is -2.34. The van der Waals surface area contributed by atoms with Crippen molar-refractivity contribution >= 4 is 27.8 Å². The standard InChI is InChI=1S/C15H14N4O6S/c20-13-5-1-11(2-6-13)9-16-18-15(21)10-17-26(24,25)14-7-3-12(4-8-14)19(22)23/h1-9,17,20H,10H2,(H,18,21)/b16-9-. The van der Waals surface area contributed by atoms with Gasteiger partial charge in [0, 0.05) is 12.1 Å². The molecule has 0 aliphatic carbocycles. The number of aromatic hydroxyl groups is 1. The van der Waals surface area contributed by atoms with Gasteiger partial charge in [-0.2, -0.15) is 5.10 Å². The number of nitro groups is 1. The van der Waals surface area contributed by atoms with Crippen molar-refractivity contribution in [1.29, 1.82) is 0 Å². The van der Waals surface area contributed by atoms with E-state index in [2.05, 4.69) is 15.2 Å². The summed E-state index contributed by atoms with van der Waals surface area (Å²) in [6.45, 7) is -0.563. The number of hydrogen-bond donors (Lipinski definition) is 3. The average Bonchev–Trinajstić information content (AvgIpc) is 2.62. The number of rotatable bonds is 7. The van der Waals surface area contributed by atoms with Gasteiger partial charge in [-0.15, -0.1) is 0 Å². The molecule has 2 aromatic rings. The van der Waals surface area contributed by atoms with E-state index >= 15 is 0 Å². The average molecular weight is 378 g/mol. The summed E-state index contributed by atoms with van der Waals surface area (Å²) in [6.07, 6.45) is 1.32. The zero-order valence-corrected chi connectivity index (χ0v) is 14.0. The fraction of sp³-hybridized carbons (Fsp3) is 0.0667. The highest BCUT2D eigenvalue weighted by Gasteiger charge is 2.16. The maximum absolute atomic E-state index is 12.0. The molecule has 0 aliphatic heterocycles. The van der Waals surface area contributed by atoms with Gasteiger partial charge in [-0.05, 0) is 42.0 Å². The Kier molecular flexibility index (Phi) is 5.98. The van der Waals surface area contributed by atoms with Gasteiger partial charge >= 0.3 is 0 Å². The van der Waals surface area contributed by atoms with Crippen LogP contribution in [0.2, 0.25) is 0 Å². The Labute approximate surface area is 148 Å². The van der Waals surface area contributed by atoms with Gasteiger partial charge in [0.05, 0.1) is 22.6 Å². The smallest absolute Gasteiger partial charge is 0.269 e. The molecule has 10 nitrogen and oxygen atoms in total. The van der Waals surface area contributed by atoms with E-state index in [9.17, 15) is 23.3 Å². The number of hydrogen-bond acceptors (Lipinski definition) is 7. The fourth-order valence-corrected chi connectivity index (χ4v) is 2.75. The first-order chi connectivity index (χ1) is 12.3. The molecule has 0 fully saturated rings. The van der Waals surface area contributed by atoms with Crippen molar-refractivity contribution in [3.05, 3.63) is 64.2 Å². The van der Waals surface area contributed by atoms with Crippen molar-refractivity contribution in [3.63, 3.8) is 0 Å². The molecule has 136 valence electrons. The van der Waals surface area contributed by atoms with Gasteiger partial charge in [0.15, 0.2) is 0 Å². The van der Waals surface area contributed by atoms with E-state index in [1.807, 2.05) is 0 Å². The van der Waals surface area contributed by atoms with Gasteiger partial charge in [0.2, 0.25) is 10.0 Å². The number of non-ortho nitro benzene ring substituents is 1. The molecular weight excluding hydrogens is 364 g/mol. The number of phenols is 1. The van der Waals surface area contributed by atoms with Crippen LogP contribution in [0.15, 0.2) is 58.5 Å². The van der Waals surface area contributed by atoms with Crippen molar-refractivity contribution in [2.75, 3.05) is 6.54 Å². The number of nitro benzene ring substituents is 1. The third-order valence-electron chi connectivity index (χ3n) is 3.08. The van der Waals surface area contributed by atoms with Crippen LogP contribution < -0.4 is 10.1 Å². The largest absolute Gasteiger partial charge is 0.508 e. The highest BCUT2D eigenvalue weighted by Crippen LogP contribution is 2.15. The summed E-state index contributed by atoms with van der Waals surface area (Å²) in [5.74, 6) is -0.614. The third kappa shape index (κ3) is 5.36. The molecule has 0 unspecified atom stereocenters. The maximum atomic E-state index is 12.0. The van der Waals surface area contributed by atoms with E-state index in [4.69, 9.17) is 5.11 Å². The van der Waals surface area contributed by atoms with E-state index in [0.29, 0.717) is 5.56 Å². The monoisotopic (exact) mass is 378 g/mol. The molecule has 2 aromatic carbocycles. The van der Waals surface area contributed by atoms with Crippen LogP contribution in [0.1, 0.15) is 5.56 Å². The second kappa shape index (κ2) is 8.18. The van der Waals surface area contributed by atoms with Crippen LogP contribution >= 0.6 is 0 Å². The molecule has 0 saturated carbocycles. The van der Waals surface area contributed by atoms with Crippen molar-refractivity contribution in [2.45, 2.75) is 4.90 Å². The lowest BCUT2D eigenvalue weighted by Gasteiger charge is -2.05. The third-order valence-corrected chi connectivity index (χ3v) is 4.49. The zero-order valence-electron chi connectivity index (χ0n) is 13.2. The van der Waals surface area contributed by atoms with E-state index in [-0.39, 0.29) is 16.3 Å². The molecule has 1 amide bonds. The second-order valence-corrected chi connectivity index (χ2v) is 6.73. The summed E-state index contributed by atoms with van der Waals surface area (Å²) in [5, 5.41) is 23.4. The molecular formula is C15H14N4O6S. The predicted octanol–water partition coefficient (Wildman–Crippen LogP) is 0.729. The molecule has 0 saturated heterocycles. The minimum Gasteiger partial charge on any atom is -0.508 e. The fourth-order valence-electron chi connectivity index (χ4n) is 1.77. The molecule has 0 heterocycles. The topological polar surface area (TPSA) is 151 Å². The summed E-state index contributed by atoms with van der Waals surface area (Å²) in [6, 6.07) is 10.3. The molecule has 0 radical (unpaired) electrons. The number of hydrazone groups is 1. The van der Waals surface area contributed by atoms with E-state index in [0.717, 1.165) is 24.3 Å². The number of benzene rings is 2. The number of carbonyl (C=O) groups is 1. The van der Waals surface area contributed by atoms with Crippen LogP contribution in [0.3, 0.4) is 0 Å². The summed E-state index contributed by atoms with van der Waals surface area (Å²) in [5.41, 5.74) is 2.52. The molecule has 3 N–H and O–H groups in total. The van der Waals surface area contributed by atoms with Gasteiger partial charge in [-0.25, -0.2) is 18.6 Å². The first kappa shape index (κ1) is 19.0. The Morgan fingerprint density at radius 1 is 1.15 bits per heavy atom. The van der Waals surface area contributed by atoms with Gasteiger partial charge in [0.25, 0.3) is 11.6 Å². The number of amides is 1. The second-order valence-electron chi connectivity index (χ2n) is 4.96. The summed E-state index contributed by atoms with van der Waals surface area (Å²) in [7, 11) is -3.99. The van der Waals surface area contributed by atoms with Crippen LogP contribution in [0.25, 0.3) is 0 Å². The van der Waals surface area contributed by atoms with Crippen LogP contribution in [0.4, 0.5) is 5.69 Å². The number of sulfonamides is 1. The Morgan fingerprint density at radius 2 is 1.77 bits per heavy atom. The van der Waals surface area contributed by atoms with Crippen molar-refractivity contribution in [3.8, 4) is 5.75 Å². The normalized spacial score (nSPS) is 11.4. The first-order valence-corrected chi connectivity index (χ1v) is 8.61. The molecule has 26 heavy (non-hydrogen) atoms. The number of carbonyl (C=O) groups excluding carboxylic acids is 1. The van der Waals surface area contributed by atoms with Crippen molar-refractivity contribution in [2.24, 2.45) is 5.10 Å². The minimum atomic E-state index is -3.99. The molecule has 0 aromatic heterocycles. The van der Waals surface area contributed by atoms with E-state index in [1.165, 1.54) is 18.3 Å². The highest BCUT2D eigenvalue weighted by molar-refractivity contribution is 7.89. The van der Waals surface area contributed by atoms with E-state index < -0.39 is 27.4 Å². The number of nitrogens with zero attached hydrogens (tertiary/aromatic N) is 2. The first-order valence-electron chi connectivity index (χ1n) is 7.13. The molecule has 0 aliphatic rings. The van der Waals surface area contributed by atoms with Crippen molar-refractivity contribution < 1.29 is 23.2 Å². The van der Waals surface area contributed by atoms with Crippen LogP contribution in [-0.4, -0.2) is 37.1 Å². The van der Waals surface area contributed by atoms with Gasteiger partial charge < -0.3 is 5.11 Å². The van der Waals surface area contributed by atoms with Crippen LogP contribution in [-0.2, 0) is 14.8 Å². The number of phenolic OH excluding ortho intramolecular Hbond substituents is 1. The Balaban J connectivity index is 1.89. The predicted molar refractivity (Wildman–Crippen MR) is 92.1 cm³/mol. The zero-order chi connectivity index (χ0) is 19.2. The van der Waals surface area contributed by atoms with Gasteiger partial charge in [-0.3, -0.25) is 14.9 Å². The Bertz CT molecular complexity index is 924. The van der Waals surface area contributed by atoms with Crippen LogP contribution in [0.5, 0.6) is 5.75 Å². The SMILES string of the molecule is O=C(CNS(=O)(=O)c1ccc([N+](=O)[O-])cc1)N/N=C\c1ccc(O)cc1. The summed E-state index contributed by atoms with van der Waals surface area (Å²) in [4.78, 5) is 21.3. The molecule has 0 atom stereocenters. The quantitative estimate of drug-likeness (QED) is 0.367. The molecule has 2 rings (SSSR count). The minimum absolute atomic E-state index is 0.0897. The molecule has 0 spiro atoms. The Morgan fingerprint density at radius 3 is 2.35 bits per heavy atom.